The van der Waals surface area contributed by atoms with Crippen molar-refractivity contribution < 1.29 is 13.2 Å². The van der Waals surface area contributed by atoms with Crippen molar-refractivity contribution in [3.8, 4) is 0 Å². The number of nitrogens with one attached hydrogen (secondary N) is 1. The molecule has 10 heteroatoms. The van der Waals surface area contributed by atoms with Crippen molar-refractivity contribution in [1.29, 1.82) is 0 Å². The van der Waals surface area contributed by atoms with Gasteiger partial charge in [-0.3, -0.25) is 0 Å². The first-order valence-corrected chi connectivity index (χ1v) is 12.8. The molecule has 2 fully saturated rings. The fourth-order valence-corrected chi connectivity index (χ4v) is 6.23. The van der Waals surface area contributed by atoms with Crippen molar-refractivity contribution in [2.24, 2.45) is 11.8 Å². The van der Waals surface area contributed by atoms with Gasteiger partial charge in [0, 0.05) is 43.4 Å². The summed E-state index contributed by atoms with van der Waals surface area (Å²) < 4.78 is 42.0. The van der Waals surface area contributed by atoms with E-state index in [1.165, 1.54) is 12.1 Å². The Kier molecular flexibility index (Phi) is 5.84. The minimum Gasteiger partial charge on any atom is -0.356 e. The molecular weight excluding hydrogens is 467 g/mol. The lowest BCUT2D eigenvalue weighted by Crippen LogP contribution is -2.48. The second-order valence-electron chi connectivity index (χ2n) is 10.4. The van der Waals surface area contributed by atoms with E-state index in [9.17, 15) is 13.2 Å². The van der Waals surface area contributed by atoms with Crippen molar-refractivity contribution in [2.45, 2.75) is 63.7 Å². The number of hydrogen-bond donors (Lipinski definition) is 1. The SMILES string of the molecule is Cc1cc(N2CC3CC[C@@H](C2)C3Nc2nc3n(n2)CCCC[C@H]3c2cccc(C(F)(F)F)c2)ncn1. The van der Waals surface area contributed by atoms with Crippen LogP contribution in [0.3, 0.4) is 0 Å². The third kappa shape index (κ3) is 4.41. The molecule has 7 nitrogen and oxygen atoms in total. The maximum absolute atomic E-state index is 13.4. The Morgan fingerprint density at radius 1 is 1.00 bits per heavy atom. The fraction of sp³-hybridized carbons (Fsp3) is 0.538. The maximum Gasteiger partial charge on any atom is 0.416 e. The monoisotopic (exact) mass is 497 g/mol. The van der Waals surface area contributed by atoms with Gasteiger partial charge in [-0.25, -0.2) is 14.6 Å². The van der Waals surface area contributed by atoms with Gasteiger partial charge < -0.3 is 10.2 Å². The molecule has 2 aromatic heterocycles. The van der Waals surface area contributed by atoms with Crippen molar-refractivity contribution >= 4 is 11.8 Å². The Hall–Kier alpha value is -3.17. The topological polar surface area (TPSA) is 71.8 Å². The molecule has 0 amide bonds. The van der Waals surface area contributed by atoms with Crippen LogP contribution in [0.4, 0.5) is 24.9 Å². The molecule has 36 heavy (non-hydrogen) atoms. The summed E-state index contributed by atoms with van der Waals surface area (Å²) in [4.78, 5) is 15.9. The van der Waals surface area contributed by atoms with Gasteiger partial charge in [0.25, 0.3) is 0 Å². The maximum atomic E-state index is 13.4. The van der Waals surface area contributed by atoms with Crippen LogP contribution in [0, 0.1) is 18.8 Å². The van der Waals surface area contributed by atoms with Crippen LogP contribution in [0.15, 0.2) is 36.7 Å². The van der Waals surface area contributed by atoms with Gasteiger partial charge in [-0.1, -0.05) is 24.6 Å². The minimum atomic E-state index is -4.36. The number of aryl methyl sites for hydroxylation is 2. The van der Waals surface area contributed by atoms with Gasteiger partial charge in [0.1, 0.15) is 18.0 Å². The van der Waals surface area contributed by atoms with Crippen molar-refractivity contribution in [3.05, 3.63) is 59.3 Å². The quantitative estimate of drug-likeness (QED) is 0.545. The first-order chi connectivity index (χ1) is 17.3. The number of piperidine rings is 1. The first kappa shape index (κ1) is 23.2. The highest BCUT2D eigenvalue weighted by atomic mass is 19.4. The zero-order chi connectivity index (χ0) is 24.9. The van der Waals surface area contributed by atoms with E-state index < -0.39 is 11.7 Å². The molecule has 1 saturated carbocycles. The molecule has 1 saturated heterocycles. The Morgan fingerprint density at radius 3 is 2.56 bits per heavy atom. The molecule has 2 unspecified atom stereocenters. The average molecular weight is 498 g/mol. The van der Waals surface area contributed by atoms with E-state index in [-0.39, 0.29) is 12.0 Å². The number of benzene rings is 1. The van der Waals surface area contributed by atoms with E-state index in [0.29, 0.717) is 23.3 Å². The summed E-state index contributed by atoms with van der Waals surface area (Å²) in [5.41, 5.74) is 1.00. The Bertz CT molecular complexity index is 1230. The summed E-state index contributed by atoms with van der Waals surface area (Å²) >= 11 is 0. The fourth-order valence-electron chi connectivity index (χ4n) is 6.23. The molecule has 3 aromatic rings. The highest BCUT2D eigenvalue weighted by molar-refractivity contribution is 5.42. The van der Waals surface area contributed by atoms with Crippen LogP contribution in [0.5, 0.6) is 0 Å². The molecular formula is C26H30F3N7. The highest BCUT2D eigenvalue weighted by Crippen LogP contribution is 2.40. The number of fused-ring (bicyclic) bond motifs is 3. The summed E-state index contributed by atoms with van der Waals surface area (Å²) in [5, 5.41) is 8.40. The van der Waals surface area contributed by atoms with E-state index in [1.807, 2.05) is 17.7 Å². The van der Waals surface area contributed by atoms with Gasteiger partial charge in [-0.15, -0.1) is 5.10 Å². The number of halogens is 3. The molecule has 1 aromatic carbocycles. The van der Waals surface area contributed by atoms with Crippen LogP contribution in [-0.2, 0) is 12.7 Å². The Labute approximate surface area is 208 Å². The molecule has 2 aliphatic heterocycles. The van der Waals surface area contributed by atoms with Crippen LogP contribution in [0.1, 0.15) is 60.7 Å². The number of nitrogens with zero attached hydrogens (tertiary/aromatic N) is 6. The minimum absolute atomic E-state index is 0.197. The second-order valence-corrected chi connectivity index (χ2v) is 10.4. The zero-order valence-electron chi connectivity index (χ0n) is 20.2. The summed E-state index contributed by atoms with van der Waals surface area (Å²) in [5.74, 6) is 3.06. The third-order valence-electron chi connectivity index (χ3n) is 7.98. The van der Waals surface area contributed by atoms with Crippen molar-refractivity contribution in [3.63, 3.8) is 0 Å². The summed E-state index contributed by atoms with van der Waals surface area (Å²) in [6.45, 7) is 4.56. The lowest BCUT2D eigenvalue weighted by atomic mass is 9.92. The van der Waals surface area contributed by atoms with Crippen LogP contribution >= 0.6 is 0 Å². The second kappa shape index (κ2) is 9.05. The summed E-state index contributed by atoms with van der Waals surface area (Å²) in [6.07, 6.45) is 2.18. The average Bonchev–Trinajstić information content (AvgIpc) is 3.25. The smallest absolute Gasteiger partial charge is 0.356 e. The molecule has 4 heterocycles. The Morgan fingerprint density at radius 2 is 1.81 bits per heavy atom. The highest BCUT2D eigenvalue weighted by Gasteiger charge is 2.43. The van der Waals surface area contributed by atoms with Crippen molar-refractivity contribution in [2.75, 3.05) is 23.3 Å². The number of rotatable bonds is 4. The van der Waals surface area contributed by atoms with Crippen molar-refractivity contribution in [1.82, 2.24) is 24.7 Å². The van der Waals surface area contributed by atoms with E-state index in [2.05, 4.69) is 20.2 Å². The predicted octanol–water partition coefficient (Wildman–Crippen LogP) is 5.04. The predicted molar refractivity (Wildman–Crippen MR) is 130 cm³/mol. The number of hydrogen-bond acceptors (Lipinski definition) is 6. The van der Waals surface area contributed by atoms with E-state index >= 15 is 0 Å². The molecule has 6 rings (SSSR count). The van der Waals surface area contributed by atoms with Gasteiger partial charge in [0.2, 0.25) is 5.95 Å². The molecule has 0 radical (unpaired) electrons. The largest absolute Gasteiger partial charge is 0.416 e. The molecule has 4 atom stereocenters. The number of aromatic nitrogens is 5. The standard InChI is InChI=1S/C26H30F3N7/c1-16-11-22(31-15-30-16)35-13-18-8-9-19(14-35)23(18)32-25-33-24-21(7-2-3-10-36(24)34-25)17-5-4-6-20(12-17)26(27,28)29/h4-6,11-12,15,18-19,21,23H,2-3,7-10,13-14H2,1H3,(H,32,34)/t18-,19?,21-,23?/m0/s1. The molecule has 1 aliphatic carbocycles. The lowest BCUT2D eigenvalue weighted by molar-refractivity contribution is -0.137. The molecule has 1 N–H and O–H groups in total. The van der Waals surface area contributed by atoms with Gasteiger partial charge >= 0.3 is 6.18 Å². The van der Waals surface area contributed by atoms with Gasteiger partial charge in [-0.05, 0) is 56.1 Å². The van der Waals surface area contributed by atoms with Gasteiger partial charge in [0.05, 0.1) is 5.56 Å². The molecule has 190 valence electrons. The Balaban J connectivity index is 1.22. The molecule has 0 spiro atoms. The summed E-state index contributed by atoms with van der Waals surface area (Å²) in [7, 11) is 0. The van der Waals surface area contributed by atoms with Crippen LogP contribution < -0.4 is 10.2 Å². The van der Waals surface area contributed by atoms with E-state index in [0.717, 1.165) is 75.1 Å². The van der Waals surface area contributed by atoms with Crippen LogP contribution in [0.2, 0.25) is 0 Å². The number of alkyl halides is 3. The normalized spacial score (nSPS) is 25.9. The van der Waals surface area contributed by atoms with Crippen LogP contribution in [-0.4, -0.2) is 43.9 Å². The van der Waals surface area contributed by atoms with Gasteiger partial charge in [-0.2, -0.15) is 18.2 Å². The lowest BCUT2D eigenvalue weighted by Gasteiger charge is -2.38. The first-order valence-electron chi connectivity index (χ1n) is 12.8. The zero-order valence-corrected chi connectivity index (χ0v) is 20.2. The van der Waals surface area contributed by atoms with E-state index in [1.54, 1.807) is 12.4 Å². The van der Waals surface area contributed by atoms with Crippen LogP contribution in [0.25, 0.3) is 0 Å². The molecule has 3 aliphatic rings. The number of anilines is 2. The van der Waals surface area contributed by atoms with Gasteiger partial charge in [0.15, 0.2) is 0 Å². The summed E-state index contributed by atoms with van der Waals surface area (Å²) in [6, 6.07) is 7.99. The third-order valence-corrected chi connectivity index (χ3v) is 7.98. The molecule has 2 bridgehead atoms. The van der Waals surface area contributed by atoms with E-state index in [4.69, 9.17) is 10.1 Å².